The van der Waals surface area contributed by atoms with Crippen LogP contribution in [-0.4, -0.2) is 18.6 Å². The molecule has 1 atom stereocenters. The predicted molar refractivity (Wildman–Crippen MR) is 85.5 cm³/mol. The number of amides is 1. The summed E-state index contributed by atoms with van der Waals surface area (Å²) in [4.78, 5) is 12.5. The van der Waals surface area contributed by atoms with Crippen molar-refractivity contribution in [2.45, 2.75) is 52.0 Å². The van der Waals surface area contributed by atoms with Crippen molar-refractivity contribution in [3.8, 4) is 5.75 Å². The minimum Gasteiger partial charge on any atom is -0.491 e. The van der Waals surface area contributed by atoms with E-state index in [1.165, 1.54) is 32.1 Å². The van der Waals surface area contributed by atoms with E-state index in [4.69, 9.17) is 10.5 Å². The Morgan fingerprint density at radius 1 is 1.38 bits per heavy atom. The van der Waals surface area contributed by atoms with Crippen molar-refractivity contribution in [1.82, 2.24) is 5.32 Å². The summed E-state index contributed by atoms with van der Waals surface area (Å²) in [7, 11) is 0. The molecule has 1 aliphatic rings. The van der Waals surface area contributed by atoms with Crippen molar-refractivity contribution in [2.24, 2.45) is 5.92 Å². The highest BCUT2D eigenvalue weighted by Gasteiger charge is 2.23. The standard InChI is InChI=1S/C17H26N2O2/c1-3-21-16-14(10-7-11-15(16)18)17(20)19-12(2)13-8-5-4-6-9-13/h7,10-13H,3-6,8-9,18H2,1-2H3,(H,19,20). The molecule has 1 aromatic carbocycles. The number of hydrogen-bond donors (Lipinski definition) is 2. The fourth-order valence-electron chi connectivity index (χ4n) is 3.08. The summed E-state index contributed by atoms with van der Waals surface area (Å²) in [5.74, 6) is 0.983. The van der Waals surface area contributed by atoms with E-state index >= 15 is 0 Å². The number of nitrogens with two attached hydrogens (primary N) is 1. The molecule has 0 heterocycles. The highest BCUT2D eigenvalue weighted by atomic mass is 16.5. The Bertz CT molecular complexity index is 482. The van der Waals surface area contributed by atoms with Gasteiger partial charge in [-0.15, -0.1) is 0 Å². The number of para-hydroxylation sites is 1. The Labute approximate surface area is 127 Å². The number of hydrogen-bond acceptors (Lipinski definition) is 3. The van der Waals surface area contributed by atoms with Gasteiger partial charge < -0.3 is 15.8 Å². The molecule has 21 heavy (non-hydrogen) atoms. The number of carbonyl (C=O) groups is 1. The van der Waals surface area contributed by atoms with Gasteiger partial charge in [0.1, 0.15) is 0 Å². The van der Waals surface area contributed by atoms with Gasteiger partial charge in [-0.25, -0.2) is 0 Å². The number of benzene rings is 1. The maximum Gasteiger partial charge on any atom is 0.255 e. The molecule has 0 aliphatic heterocycles. The van der Waals surface area contributed by atoms with Crippen LogP contribution in [0.15, 0.2) is 18.2 Å². The zero-order valence-corrected chi connectivity index (χ0v) is 13.0. The van der Waals surface area contributed by atoms with E-state index in [9.17, 15) is 4.79 Å². The number of anilines is 1. The van der Waals surface area contributed by atoms with Gasteiger partial charge in [-0.2, -0.15) is 0 Å². The lowest BCUT2D eigenvalue weighted by atomic mass is 9.84. The van der Waals surface area contributed by atoms with Crippen LogP contribution in [-0.2, 0) is 0 Å². The molecule has 2 rings (SSSR count). The van der Waals surface area contributed by atoms with Crippen molar-refractivity contribution >= 4 is 11.6 Å². The third-order valence-electron chi connectivity index (χ3n) is 4.29. The second kappa shape index (κ2) is 7.34. The number of carbonyl (C=O) groups excluding carboxylic acids is 1. The normalized spacial score (nSPS) is 17.2. The van der Waals surface area contributed by atoms with Gasteiger partial charge in [0.05, 0.1) is 17.9 Å². The van der Waals surface area contributed by atoms with Gasteiger partial charge in [0.2, 0.25) is 0 Å². The van der Waals surface area contributed by atoms with Crippen LogP contribution < -0.4 is 15.8 Å². The Morgan fingerprint density at radius 2 is 2.10 bits per heavy atom. The summed E-state index contributed by atoms with van der Waals surface area (Å²) >= 11 is 0. The molecule has 4 nitrogen and oxygen atoms in total. The van der Waals surface area contributed by atoms with E-state index in [1.54, 1.807) is 18.2 Å². The van der Waals surface area contributed by atoms with Crippen LogP contribution in [0.5, 0.6) is 5.75 Å². The molecule has 0 bridgehead atoms. The Kier molecular flexibility index (Phi) is 5.48. The Morgan fingerprint density at radius 3 is 2.76 bits per heavy atom. The summed E-state index contributed by atoms with van der Waals surface area (Å²) in [6, 6.07) is 5.50. The highest BCUT2D eigenvalue weighted by Crippen LogP contribution is 2.28. The highest BCUT2D eigenvalue weighted by molar-refractivity contribution is 5.98. The molecule has 0 saturated heterocycles. The van der Waals surface area contributed by atoms with Crippen LogP contribution in [0.1, 0.15) is 56.3 Å². The van der Waals surface area contributed by atoms with Crippen LogP contribution in [0.4, 0.5) is 5.69 Å². The minimum atomic E-state index is -0.0937. The van der Waals surface area contributed by atoms with Crippen molar-refractivity contribution in [1.29, 1.82) is 0 Å². The molecular formula is C17H26N2O2. The van der Waals surface area contributed by atoms with Gasteiger partial charge in [-0.05, 0) is 44.7 Å². The monoisotopic (exact) mass is 290 g/mol. The zero-order valence-electron chi connectivity index (χ0n) is 13.0. The summed E-state index contributed by atoms with van der Waals surface area (Å²) in [5.41, 5.74) is 6.95. The smallest absolute Gasteiger partial charge is 0.255 e. The van der Waals surface area contributed by atoms with E-state index in [0.29, 0.717) is 29.5 Å². The van der Waals surface area contributed by atoms with Crippen LogP contribution in [0.25, 0.3) is 0 Å². The number of rotatable bonds is 5. The van der Waals surface area contributed by atoms with E-state index in [1.807, 2.05) is 6.92 Å². The lowest BCUT2D eigenvalue weighted by Gasteiger charge is -2.28. The van der Waals surface area contributed by atoms with Crippen LogP contribution in [0.3, 0.4) is 0 Å². The molecule has 0 radical (unpaired) electrons. The zero-order chi connectivity index (χ0) is 15.2. The second-order valence-electron chi connectivity index (χ2n) is 5.82. The molecule has 4 heteroatoms. The lowest BCUT2D eigenvalue weighted by Crippen LogP contribution is -2.39. The van der Waals surface area contributed by atoms with E-state index in [-0.39, 0.29) is 11.9 Å². The van der Waals surface area contributed by atoms with Crippen LogP contribution >= 0.6 is 0 Å². The van der Waals surface area contributed by atoms with Crippen molar-refractivity contribution < 1.29 is 9.53 Å². The molecule has 1 saturated carbocycles. The van der Waals surface area contributed by atoms with E-state index in [2.05, 4.69) is 12.2 Å². The quantitative estimate of drug-likeness (QED) is 0.817. The Hall–Kier alpha value is -1.71. The molecule has 116 valence electrons. The predicted octanol–water partition coefficient (Wildman–Crippen LogP) is 3.37. The van der Waals surface area contributed by atoms with Gasteiger partial charge in [-0.1, -0.05) is 25.3 Å². The molecular weight excluding hydrogens is 264 g/mol. The third-order valence-corrected chi connectivity index (χ3v) is 4.29. The van der Waals surface area contributed by atoms with Crippen molar-refractivity contribution in [3.63, 3.8) is 0 Å². The molecule has 0 aromatic heterocycles. The third kappa shape index (κ3) is 3.90. The van der Waals surface area contributed by atoms with Crippen molar-refractivity contribution in [3.05, 3.63) is 23.8 Å². The maximum atomic E-state index is 12.5. The molecule has 1 unspecified atom stereocenters. The second-order valence-corrected chi connectivity index (χ2v) is 5.82. The lowest BCUT2D eigenvalue weighted by molar-refractivity contribution is 0.0915. The molecule has 1 fully saturated rings. The maximum absolute atomic E-state index is 12.5. The van der Waals surface area contributed by atoms with Crippen LogP contribution in [0, 0.1) is 5.92 Å². The first-order chi connectivity index (χ1) is 10.1. The largest absolute Gasteiger partial charge is 0.491 e. The van der Waals surface area contributed by atoms with Crippen LogP contribution in [0.2, 0.25) is 0 Å². The van der Waals surface area contributed by atoms with E-state index < -0.39 is 0 Å². The summed E-state index contributed by atoms with van der Waals surface area (Å²) in [6.45, 7) is 4.48. The molecule has 1 aromatic rings. The van der Waals surface area contributed by atoms with Crippen molar-refractivity contribution in [2.75, 3.05) is 12.3 Å². The SMILES string of the molecule is CCOc1c(N)cccc1C(=O)NC(C)C1CCCCC1. The number of nitrogens with one attached hydrogen (secondary N) is 1. The molecule has 1 aliphatic carbocycles. The number of ether oxygens (including phenoxy) is 1. The fourth-order valence-corrected chi connectivity index (χ4v) is 3.08. The molecule has 1 amide bonds. The topological polar surface area (TPSA) is 64.3 Å². The first kappa shape index (κ1) is 15.7. The number of nitrogen functional groups attached to an aromatic ring is 1. The van der Waals surface area contributed by atoms with Gasteiger partial charge in [0.25, 0.3) is 5.91 Å². The molecule has 3 N–H and O–H groups in total. The van der Waals surface area contributed by atoms with Gasteiger partial charge >= 0.3 is 0 Å². The molecule has 0 spiro atoms. The first-order valence-electron chi connectivity index (χ1n) is 7.95. The van der Waals surface area contributed by atoms with E-state index in [0.717, 1.165) is 0 Å². The first-order valence-corrected chi connectivity index (χ1v) is 7.95. The summed E-state index contributed by atoms with van der Waals surface area (Å²) in [6.07, 6.45) is 6.27. The average Bonchev–Trinajstić information content (AvgIpc) is 2.50. The fraction of sp³-hybridized carbons (Fsp3) is 0.588. The minimum absolute atomic E-state index is 0.0937. The summed E-state index contributed by atoms with van der Waals surface area (Å²) in [5, 5.41) is 3.12. The summed E-state index contributed by atoms with van der Waals surface area (Å²) < 4.78 is 5.53. The van der Waals surface area contributed by atoms with Gasteiger partial charge in [0.15, 0.2) is 5.75 Å². The van der Waals surface area contributed by atoms with Gasteiger partial charge in [0, 0.05) is 6.04 Å². The Balaban J connectivity index is 2.07. The average molecular weight is 290 g/mol. The van der Waals surface area contributed by atoms with Gasteiger partial charge in [-0.3, -0.25) is 4.79 Å².